The summed E-state index contributed by atoms with van der Waals surface area (Å²) in [5.74, 6) is 0.673. The van der Waals surface area contributed by atoms with Crippen LogP contribution in [0.5, 0.6) is 11.5 Å². The minimum Gasteiger partial charge on any atom is -0.493 e. The Morgan fingerprint density at radius 2 is 2.20 bits per heavy atom. The quantitative estimate of drug-likeness (QED) is 0.416. The Bertz CT molecular complexity index is 1080. The van der Waals surface area contributed by atoms with Gasteiger partial charge in [-0.3, -0.25) is 14.9 Å². The molecular weight excluding hydrogens is 410 g/mol. The van der Waals surface area contributed by atoms with Crippen LogP contribution < -0.4 is 9.47 Å². The fraction of sp³-hybridized carbons (Fsp3) is 0.200. The number of hydrogen-bond acceptors (Lipinski definition) is 8. The molecule has 3 aromatic rings. The average Bonchev–Trinajstić information content (AvgIpc) is 3.51. The number of nitro benzene ring substituents is 1. The zero-order valence-corrected chi connectivity index (χ0v) is 16.7. The number of hydrazone groups is 1. The minimum atomic E-state index is -0.530. The largest absolute Gasteiger partial charge is 0.493 e. The van der Waals surface area contributed by atoms with Gasteiger partial charge in [0.25, 0.3) is 11.6 Å². The van der Waals surface area contributed by atoms with Crippen LogP contribution in [0, 0.1) is 10.1 Å². The number of methoxy groups -OCH3 is 1. The summed E-state index contributed by atoms with van der Waals surface area (Å²) in [4.78, 5) is 24.3. The number of ether oxygens (including phenoxy) is 2. The zero-order chi connectivity index (χ0) is 21.1. The molecule has 1 aromatic carbocycles. The van der Waals surface area contributed by atoms with Gasteiger partial charge in [-0.05, 0) is 29.6 Å². The van der Waals surface area contributed by atoms with Gasteiger partial charge in [0.15, 0.2) is 18.1 Å². The van der Waals surface area contributed by atoms with Crippen LogP contribution in [0.1, 0.15) is 23.1 Å². The lowest BCUT2D eigenvalue weighted by molar-refractivity contribution is -0.384. The van der Waals surface area contributed by atoms with Crippen LogP contribution in [0.15, 0.2) is 63.6 Å². The van der Waals surface area contributed by atoms with Crippen molar-refractivity contribution < 1.29 is 23.6 Å². The second kappa shape index (κ2) is 8.37. The van der Waals surface area contributed by atoms with Crippen LogP contribution >= 0.6 is 11.3 Å². The highest BCUT2D eigenvalue weighted by Crippen LogP contribution is 2.36. The van der Waals surface area contributed by atoms with Gasteiger partial charge >= 0.3 is 0 Å². The molecule has 0 saturated heterocycles. The molecule has 1 aliphatic rings. The Kier molecular flexibility index (Phi) is 5.48. The molecule has 0 radical (unpaired) electrons. The highest BCUT2D eigenvalue weighted by atomic mass is 32.1. The molecule has 9 nitrogen and oxygen atoms in total. The predicted molar refractivity (Wildman–Crippen MR) is 109 cm³/mol. The number of nitrogens with zero attached hydrogens (tertiary/aromatic N) is 3. The molecule has 30 heavy (non-hydrogen) atoms. The standard InChI is InChI=1S/C20H17N3O6S/c1-27-18-10-13(23(25)26)6-7-17(18)29-12-20(24)22-15(19-5-3-9-30-19)11-14(21-22)16-4-2-8-28-16/h2-10,15H,11-12H2,1H3. The molecule has 4 rings (SSSR count). The van der Waals surface area contributed by atoms with Gasteiger partial charge in [-0.15, -0.1) is 11.3 Å². The molecule has 0 bridgehead atoms. The maximum atomic E-state index is 12.9. The Morgan fingerprint density at radius 1 is 1.33 bits per heavy atom. The molecule has 1 atom stereocenters. The van der Waals surface area contributed by atoms with E-state index < -0.39 is 4.92 Å². The lowest BCUT2D eigenvalue weighted by Gasteiger charge is -2.21. The van der Waals surface area contributed by atoms with Crippen molar-refractivity contribution in [3.63, 3.8) is 0 Å². The number of carbonyl (C=O) groups excluding carboxylic acids is 1. The lowest BCUT2D eigenvalue weighted by atomic mass is 10.1. The first-order valence-corrected chi connectivity index (χ1v) is 9.87. The molecule has 0 saturated carbocycles. The zero-order valence-electron chi connectivity index (χ0n) is 15.9. The molecule has 2 aromatic heterocycles. The first-order valence-electron chi connectivity index (χ1n) is 8.99. The minimum absolute atomic E-state index is 0.129. The summed E-state index contributed by atoms with van der Waals surface area (Å²) >= 11 is 1.54. The van der Waals surface area contributed by atoms with E-state index in [2.05, 4.69) is 5.10 Å². The van der Waals surface area contributed by atoms with Crippen LogP contribution in [-0.2, 0) is 4.79 Å². The fourth-order valence-electron chi connectivity index (χ4n) is 3.13. The Hall–Kier alpha value is -3.66. The van der Waals surface area contributed by atoms with Gasteiger partial charge in [0, 0.05) is 17.4 Å². The number of non-ortho nitro benzene ring substituents is 1. The summed E-state index contributed by atoms with van der Waals surface area (Å²) in [7, 11) is 1.38. The molecule has 0 spiro atoms. The summed E-state index contributed by atoms with van der Waals surface area (Å²) < 4.78 is 16.2. The fourth-order valence-corrected chi connectivity index (χ4v) is 3.94. The molecule has 0 aliphatic carbocycles. The number of thiophene rings is 1. The SMILES string of the molecule is COc1cc([N+](=O)[O-])ccc1OCC(=O)N1N=C(c2ccco2)CC1c1cccs1. The second-order valence-corrected chi connectivity index (χ2v) is 7.36. The van der Waals surface area contributed by atoms with Crippen LogP contribution in [0.25, 0.3) is 0 Å². The van der Waals surface area contributed by atoms with Crippen molar-refractivity contribution in [2.75, 3.05) is 13.7 Å². The molecule has 154 valence electrons. The Labute approximate surface area is 175 Å². The highest BCUT2D eigenvalue weighted by molar-refractivity contribution is 7.10. The van der Waals surface area contributed by atoms with E-state index in [1.807, 2.05) is 17.5 Å². The number of carbonyl (C=O) groups is 1. The Balaban J connectivity index is 1.53. The molecule has 0 fully saturated rings. The second-order valence-electron chi connectivity index (χ2n) is 6.38. The van der Waals surface area contributed by atoms with E-state index in [0.717, 1.165) is 4.88 Å². The van der Waals surface area contributed by atoms with Gasteiger partial charge < -0.3 is 13.9 Å². The van der Waals surface area contributed by atoms with E-state index in [0.29, 0.717) is 17.9 Å². The maximum Gasteiger partial charge on any atom is 0.281 e. The number of furan rings is 1. The summed E-state index contributed by atoms with van der Waals surface area (Å²) in [6, 6.07) is 11.1. The van der Waals surface area contributed by atoms with E-state index in [4.69, 9.17) is 13.9 Å². The van der Waals surface area contributed by atoms with Gasteiger partial charge in [-0.1, -0.05) is 6.07 Å². The summed E-state index contributed by atoms with van der Waals surface area (Å²) in [5.41, 5.74) is 0.551. The summed E-state index contributed by atoms with van der Waals surface area (Å²) in [5, 5.41) is 18.7. The van der Waals surface area contributed by atoms with E-state index in [1.165, 1.54) is 30.3 Å². The molecule has 3 heterocycles. The first-order chi connectivity index (χ1) is 14.6. The van der Waals surface area contributed by atoms with Crippen LogP contribution in [0.3, 0.4) is 0 Å². The van der Waals surface area contributed by atoms with Crippen molar-refractivity contribution in [2.24, 2.45) is 5.10 Å². The van der Waals surface area contributed by atoms with Gasteiger partial charge in [-0.25, -0.2) is 5.01 Å². The molecule has 1 amide bonds. The van der Waals surface area contributed by atoms with E-state index in [9.17, 15) is 14.9 Å². The molecule has 1 unspecified atom stereocenters. The number of hydrogen-bond donors (Lipinski definition) is 0. The molecule has 1 aliphatic heterocycles. The van der Waals surface area contributed by atoms with Crippen molar-refractivity contribution in [3.05, 3.63) is 74.9 Å². The summed E-state index contributed by atoms with van der Waals surface area (Å²) in [6.07, 6.45) is 2.09. The Morgan fingerprint density at radius 3 is 2.87 bits per heavy atom. The average molecular weight is 427 g/mol. The van der Waals surface area contributed by atoms with Crippen molar-refractivity contribution in [2.45, 2.75) is 12.5 Å². The van der Waals surface area contributed by atoms with Crippen molar-refractivity contribution in [1.82, 2.24) is 5.01 Å². The van der Waals surface area contributed by atoms with E-state index in [1.54, 1.807) is 29.7 Å². The van der Waals surface area contributed by atoms with Crippen LogP contribution in [0.2, 0.25) is 0 Å². The van der Waals surface area contributed by atoms with E-state index in [-0.39, 0.29) is 35.7 Å². The third kappa shape index (κ3) is 3.90. The van der Waals surface area contributed by atoms with Gasteiger partial charge in [0.1, 0.15) is 11.5 Å². The molecular formula is C20H17N3O6S. The maximum absolute atomic E-state index is 12.9. The molecule has 10 heteroatoms. The van der Waals surface area contributed by atoms with E-state index >= 15 is 0 Å². The van der Waals surface area contributed by atoms with Crippen molar-refractivity contribution >= 4 is 28.6 Å². The topological polar surface area (TPSA) is 107 Å². The van der Waals surface area contributed by atoms with Crippen molar-refractivity contribution in [1.29, 1.82) is 0 Å². The smallest absolute Gasteiger partial charge is 0.281 e. The number of amides is 1. The van der Waals surface area contributed by atoms with Crippen LogP contribution in [-0.4, -0.2) is 35.3 Å². The van der Waals surface area contributed by atoms with Gasteiger partial charge in [-0.2, -0.15) is 5.10 Å². The predicted octanol–water partition coefficient (Wildman–Crippen LogP) is 4.01. The van der Waals surface area contributed by atoms with Crippen molar-refractivity contribution in [3.8, 4) is 11.5 Å². The first kappa shape index (κ1) is 19.6. The lowest BCUT2D eigenvalue weighted by Crippen LogP contribution is -2.31. The third-order valence-corrected chi connectivity index (χ3v) is 5.53. The monoisotopic (exact) mass is 427 g/mol. The van der Waals surface area contributed by atoms with Crippen LogP contribution in [0.4, 0.5) is 5.69 Å². The van der Waals surface area contributed by atoms with Gasteiger partial charge in [0.2, 0.25) is 0 Å². The number of rotatable bonds is 7. The summed E-state index contributed by atoms with van der Waals surface area (Å²) in [6.45, 7) is -0.301. The number of nitro groups is 1. The number of benzene rings is 1. The molecule has 0 N–H and O–H groups in total. The normalized spacial score (nSPS) is 15.7. The highest BCUT2D eigenvalue weighted by Gasteiger charge is 2.35. The van der Waals surface area contributed by atoms with Gasteiger partial charge in [0.05, 0.1) is 30.4 Å². The third-order valence-electron chi connectivity index (χ3n) is 4.55.